The van der Waals surface area contributed by atoms with E-state index in [4.69, 9.17) is 0 Å². The summed E-state index contributed by atoms with van der Waals surface area (Å²) < 4.78 is 0. The minimum Gasteiger partial charge on any atom is -0.0898 e. The zero-order valence-electron chi connectivity index (χ0n) is 27.7. The molecule has 5 aromatic rings. The Morgan fingerprint density at radius 3 is 1.96 bits per heavy atom. The van der Waals surface area contributed by atoms with Crippen LogP contribution >= 0.6 is 35.3 Å². The highest BCUT2D eigenvalue weighted by atomic mass is 32.2. The van der Waals surface area contributed by atoms with Crippen LogP contribution in [-0.4, -0.2) is 0 Å². The van der Waals surface area contributed by atoms with Crippen LogP contribution in [-0.2, 0) is 6.42 Å². The van der Waals surface area contributed by atoms with Crippen molar-refractivity contribution in [1.82, 2.24) is 0 Å². The lowest BCUT2D eigenvalue weighted by Crippen LogP contribution is -2.31. The second-order valence-electron chi connectivity index (χ2n) is 13.1. The second-order valence-corrected chi connectivity index (χ2v) is 16.4. The molecular formula is C45H40S3. The monoisotopic (exact) mass is 676 g/mol. The normalized spacial score (nSPS) is 19.4. The number of allylic oxidation sites excluding steroid dienone is 2. The van der Waals surface area contributed by atoms with Gasteiger partial charge in [-0.2, -0.15) is 0 Å². The highest BCUT2D eigenvalue weighted by Gasteiger charge is 2.32. The van der Waals surface area contributed by atoms with E-state index in [1.807, 2.05) is 35.3 Å². The van der Waals surface area contributed by atoms with Crippen molar-refractivity contribution in [3.63, 3.8) is 0 Å². The molecule has 0 N–H and O–H groups in total. The standard InChI is InChI=1S/C45H40S3/c1-30-21-25-34(26-22-30)46-40-19-7-3-5-13-32-29-33-14-6-4-8-20-41(47-35-27-23-31(2)24-28-35)43(33)45(42(32)40)44-36-15-9-11-17-38(36)48-39-18-12-10-16-37(39)44/h7,9-12,14-29,44H,3-6,8,13H2,1-2H3/b19-7-,33-14-,41-20+,42-40-. The maximum Gasteiger partial charge on any atom is 0.0375 e. The zero-order chi connectivity index (χ0) is 32.5. The summed E-state index contributed by atoms with van der Waals surface area (Å²) in [5.41, 5.74) is 9.84. The third kappa shape index (κ3) is 6.41. The molecule has 0 amide bonds. The lowest BCUT2D eigenvalue weighted by atomic mass is 9.78. The molecule has 0 aromatic heterocycles. The minimum atomic E-state index is 0.124. The molecule has 0 radical (unpaired) electrons. The van der Waals surface area contributed by atoms with Gasteiger partial charge in [0, 0.05) is 35.3 Å². The number of hydrogen-bond acceptors (Lipinski definition) is 3. The van der Waals surface area contributed by atoms with Crippen LogP contribution in [0.5, 0.6) is 0 Å². The molecule has 0 unspecified atom stereocenters. The summed E-state index contributed by atoms with van der Waals surface area (Å²) in [6.45, 7) is 4.35. The van der Waals surface area contributed by atoms with Crippen molar-refractivity contribution in [3.05, 3.63) is 171 Å². The lowest BCUT2D eigenvalue weighted by molar-refractivity contribution is 0.820. The van der Waals surface area contributed by atoms with Gasteiger partial charge in [-0.3, -0.25) is 0 Å². The average Bonchev–Trinajstić information content (AvgIpc) is 3.09. The molecule has 1 aliphatic heterocycles. The second kappa shape index (κ2) is 14.1. The van der Waals surface area contributed by atoms with Crippen molar-refractivity contribution in [2.24, 2.45) is 0 Å². The molecule has 48 heavy (non-hydrogen) atoms. The van der Waals surface area contributed by atoms with Gasteiger partial charge >= 0.3 is 0 Å². The molecule has 0 saturated heterocycles. The molecule has 3 aliphatic rings. The van der Waals surface area contributed by atoms with E-state index in [1.165, 1.54) is 91.6 Å². The number of aryl methyl sites for hydroxylation is 3. The van der Waals surface area contributed by atoms with Gasteiger partial charge in [0.1, 0.15) is 0 Å². The number of rotatable bonds is 5. The van der Waals surface area contributed by atoms with Crippen LogP contribution in [0.4, 0.5) is 0 Å². The number of hydrogen-bond donors (Lipinski definition) is 0. The predicted molar refractivity (Wildman–Crippen MR) is 209 cm³/mol. The van der Waals surface area contributed by atoms with Gasteiger partial charge in [0.25, 0.3) is 0 Å². The fourth-order valence-electron chi connectivity index (χ4n) is 7.26. The number of benzene rings is 5. The molecule has 8 rings (SSSR count). The first kappa shape index (κ1) is 31.6. The summed E-state index contributed by atoms with van der Waals surface area (Å²) in [5.74, 6) is 0.124. The molecule has 0 bridgehead atoms. The van der Waals surface area contributed by atoms with E-state index in [2.05, 4.69) is 141 Å². The highest BCUT2D eigenvalue weighted by molar-refractivity contribution is 8.08. The van der Waals surface area contributed by atoms with Crippen molar-refractivity contribution in [3.8, 4) is 0 Å². The van der Waals surface area contributed by atoms with Gasteiger partial charge in [0.2, 0.25) is 0 Å². The molecule has 0 nitrogen and oxygen atoms in total. The maximum atomic E-state index is 2.58. The summed E-state index contributed by atoms with van der Waals surface area (Å²) in [6.07, 6.45) is 16.7. The Morgan fingerprint density at radius 1 is 0.646 bits per heavy atom. The van der Waals surface area contributed by atoms with Crippen LogP contribution in [0.2, 0.25) is 0 Å². The van der Waals surface area contributed by atoms with Crippen LogP contribution in [0.1, 0.15) is 77.0 Å². The Bertz CT molecular complexity index is 2120. The van der Waals surface area contributed by atoms with Gasteiger partial charge in [-0.1, -0.05) is 137 Å². The van der Waals surface area contributed by atoms with E-state index in [1.54, 1.807) is 0 Å². The average molecular weight is 677 g/mol. The Balaban J connectivity index is 1.50. The molecule has 2 aliphatic carbocycles. The van der Waals surface area contributed by atoms with Crippen LogP contribution in [0.25, 0.3) is 15.9 Å². The highest BCUT2D eigenvalue weighted by Crippen LogP contribution is 2.50. The van der Waals surface area contributed by atoms with Gasteiger partial charge in [-0.05, 0) is 127 Å². The largest absolute Gasteiger partial charge is 0.0898 e. The molecule has 0 atom stereocenters. The molecule has 0 saturated carbocycles. The molecule has 238 valence electrons. The van der Waals surface area contributed by atoms with Gasteiger partial charge in [0.05, 0.1) is 0 Å². The topological polar surface area (TPSA) is 0 Å². The van der Waals surface area contributed by atoms with Crippen LogP contribution < -0.4 is 10.4 Å². The predicted octanol–water partition coefficient (Wildman–Crippen LogP) is 11.8. The smallest absolute Gasteiger partial charge is 0.0375 e. The first-order chi connectivity index (χ1) is 23.6. The summed E-state index contributed by atoms with van der Waals surface area (Å²) in [4.78, 5) is 8.08. The number of fused-ring (bicyclic) bond motifs is 4. The third-order valence-corrected chi connectivity index (χ3v) is 13.0. The lowest BCUT2D eigenvalue weighted by Gasteiger charge is -2.32. The Kier molecular flexibility index (Phi) is 9.28. The van der Waals surface area contributed by atoms with E-state index in [-0.39, 0.29) is 5.92 Å². The molecule has 3 heteroatoms. The SMILES string of the molecule is Cc1ccc(SC2=c3/c(c/c4c(c3C3c5ccccc5Sc5ccccc53)/C(Sc3ccc(C)cc3)=C\CCC\C=4)CCC/C=C\2)cc1. The quantitative estimate of drug-likeness (QED) is 0.178. The first-order valence-corrected chi connectivity index (χ1v) is 19.7. The first-order valence-electron chi connectivity index (χ1n) is 17.2. The molecular weight excluding hydrogens is 637 g/mol. The fourth-order valence-corrected chi connectivity index (χ4v) is 10.5. The summed E-state index contributed by atoms with van der Waals surface area (Å²) >= 11 is 5.81. The van der Waals surface area contributed by atoms with Crippen LogP contribution in [0, 0.1) is 13.8 Å². The molecule has 1 heterocycles. The van der Waals surface area contributed by atoms with Gasteiger partial charge in [-0.15, -0.1) is 0 Å². The fraction of sp³-hybridized carbons (Fsp3) is 0.200. The van der Waals surface area contributed by atoms with Gasteiger partial charge < -0.3 is 0 Å². The van der Waals surface area contributed by atoms with Crippen molar-refractivity contribution < 1.29 is 0 Å². The van der Waals surface area contributed by atoms with E-state index in [9.17, 15) is 0 Å². The summed E-state index contributed by atoms with van der Waals surface area (Å²) in [5, 5.41) is 2.85. The summed E-state index contributed by atoms with van der Waals surface area (Å²) in [6, 6.07) is 39.1. The van der Waals surface area contributed by atoms with Crippen LogP contribution in [0.15, 0.2) is 141 Å². The third-order valence-electron chi connectivity index (χ3n) is 9.63. The summed E-state index contributed by atoms with van der Waals surface area (Å²) in [7, 11) is 0. The Morgan fingerprint density at radius 2 is 1.27 bits per heavy atom. The maximum absolute atomic E-state index is 2.58. The molecule has 0 spiro atoms. The zero-order valence-corrected chi connectivity index (χ0v) is 30.1. The van der Waals surface area contributed by atoms with E-state index in [0.717, 1.165) is 25.7 Å². The number of thioether (sulfide) groups is 2. The van der Waals surface area contributed by atoms with E-state index < -0.39 is 0 Å². The molecule has 5 aromatic carbocycles. The Hall–Kier alpha value is -3.63. The van der Waals surface area contributed by atoms with E-state index in [0.29, 0.717) is 0 Å². The van der Waals surface area contributed by atoms with Crippen molar-refractivity contribution in [1.29, 1.82) is 0 Å². The van der Waals surface area contributed by atoms with Gasteiger partial charge in [0.15, 0.2) is 0 Å². The Labute approximate surface area is 298 Å². The van der Waals surface area contributed by atoms with Crippen molar-refractivity contribution in [2.75, 3.05) is 0 Å². The van der Waals surface area contributed by atoms with Crippen molar-refractivity contribution >= 4 is 51.2 Å². The van der Waals surface area contributed by atoms with Crippen molar-refractivity contribution in [2.45, 2.75) is 77.9 Å². The minimum absolute atomic E-state index is 0.124. The van der Waals surface area contributed by atoms with Gasteiger partial charge in [-0.25, -0.2) is 0 Å². The van der Waals surface area contributed by atoms with E-state index >= 15 is 0 Å². The molecule has 0 fully saturated rings. The van der Waals surface area contributed by atoms with Crippen LogP contribution in [0.3, 0.4) is 0 Å².